The van der Waals surface area contributed by atoms with Gasteiger partial charge >= 0.3 is 0 Å². The predicted octanol–water partition coefficient (Wildman–Crippen LogP) is 6.42. The third-order valence-corrected chi connectivity index (χ3v) is 5.86. The molecule has 0 aliphatic carbocycles. The van der Waals surface area contributed by atoms with Gasteiger partial charge in [-0.2, -0.15) is 0 Å². The lowest BCUT2D eigenvalue weighted by molar-refractivity contribution is 0.0977. The Morgan fingerprint density at radius 3 is 2.53 bits per heavy atom. The molecular weight excluding hydrogens is 446 g/mol. The van der Waals surface area contributed by atoms with Gasteiger partial charge in [0, 0.05) is 16.8 Å². The molecule has 34 heavy (non-hydrogen) atoms. The van der Waals surface area contributed by atoms with Gasteiger partial charge in [-0.15, -0.1) is 0 Å². The van der Waals surface area contributed by atoms with Crippen LogP contribution in [-0.4, -0.2) is 22.1 Å². The molecule has 4 aromatic rings. The van der Waals surface area contributed by atoms with Crippen LogP contribution >= 0.6 is 12.2 Å². The summed E-state index contributed by atoms with van der Waals surface area (Å²) in [6, 6.07) is 18.6. The molecular formula is C27H27N3O3S. The van der Waals surface area contributed by atoms with Gasteiger partial charge in [0.15, 0.2) is 10.7 Å². The van der Waals surface area contributed by atoms with Gasteiger partial charge in [0.1, 0.15) is 11.3 Å². The Balaban J connectivity index is 1.41. The molecule has 0 spiro atoms. The molecule has 1 atom stereocenters. The fraction of sp³-hybridized carbons (Fsp3) is 0.222. The number of carbonyl (C=O) groups is 1. The van der Waals surface area contributed by atoms with Crippen LogP contribution in [0.4, 0.5) is 5.69 Å². The minimum atomic E-state index is -0.299. The second-order valence-electron chi connectivity index (χ2n) is 8.27. The van der Waals surface area contributed by atoms with Crippen LogP contribution in [-0.2, 0) is 0 Å². The molecule has 1 heterocycles. The maximum atomic E-state index is 12.6. The van der Waals surface area contributed by atoms with Gasteiger partial charge in [-0.3, -0.25) is 10.1 Å². The first-order valence-corrected chi connectivity index (χ1v) is 11.6. The molecule has 1 aromatic heterocycles. The highest BCUT2D eigenvalue weighted by atomic mass is 32.1. The van der Waals surface area contributed by atoms with Crippen molar-refractivity contribution in [2.75, 3.05) is 5.32 Å². The molecule has 1 amide bonds. The van der Waals surface area contributed by atoms with E-state index in [0.29, 0.717) is 28.2 Å². The smallest absolute Gasteiger partial charge is 0.257 e. The molecule has 3 aromatic carbocycles. The van der Waals surface area contributed by atoms with Crippen LogP contribution in [0.15, 0.2) is 65.1 Å². The second-order valence-corrected chi connectivity index (χ2v) is 8.68. The quantitative estimate of drug-likeness (QED) is 0.315. The van der Waals surface area contributed by atoms with Crippen molar-refractivity contribution in [1.82, 2.24) is 10.3 Å². The van der Waals surface area contributed by atoms with Crippen molar-refractivity contribution in [1.29, 1.82) is 0 Å². The molecule has 7 heteroatoms. The van der Waals surface area contributed by atoms with Crippen molar-refractivity contribution >= 4 is 40.0 Å². The summed E-state index contributed by atoms with van der Waals surface area (Å²) in [7, 11) is 0. The summed E-state index contributed by atoms with van der Waals surface area (Å²) in [5, 5.41) is 5.94. The molecule has 0 radical (unpaired) electrons. The van der Waals surface area contributed by atoms with E-state index in [9.17, 15) is 4.79 Å². The largest absolute Gasteiger partial charge is 0.491 e. The Bertz CT molecular complexity index is 1350. The summed E-state index contributed by atoms with van der Waals surface area (Å²) in [5.41, 5.74) is 5.90. The third-order valence-electron chi connectivity index (χ3n) is 5.66. The summed E-state index contributed by atoms with van der Waals surface area (Å²) >= 11 is 5.33. The number of hydrogen-bond donors (Lipinski definition) is 2. The van der Waals surface area contributed by atoms with Crippen molar-refractivity contribution in [2.24, 2.45) is 0 Å². The first-order valence-electron chi connectivity index (χ1n) is 11.2. The minimum Gasteiger partial charge on any atom is -0.491 e. The Labute approximate surface area is 204 Å². The number of carbonyl (C=O) groups excluding carboxylic acids is 1. The van der Waals surface area contributed by atoms with Crippen molar-refractivity contribution in [3.05, 3.63) is 77.4 Å². The lowest BCUT2D eigenvalue weighted by Crippen LogP contribution is -2.34. The molecule has 6 nitrogen and oxygen atoms in total. The Hall–Kier alpha value is -3.71. The van der Waals surface area contributed by atoms with E-state index in [0.717, 1.165) is 17.7 Å². The van der Waals surface area contributed by atoms with E-state index < -0.39 is 0 Å². The zero-order valence-corrected chi connectivity index (χ0v) is 20.5. The van der Waals surface area contributed by atoms with Gasteiger partial charge in [-0.1, -0.05) is 13.0 Å². The third kappa shape index (κ3) is 5.43. The molecule has 0 saturated carbocycles. The second kappa shape index (κ2) is 10.1. The fourth-order valence-corrected chi connectivity index (χ4v) is 3.55. The number of hydrogen-bond acceptors (Lipinski definition) is 5. The summed E-state index contributed by atoms with van der Waals surface area (Å²) in [4.78, 5) is 17.2. The number of nitrogens with one attached hydrogen (secondary N) is 2. The SMILES string of the molecule is CCC(C)Oc1ccc(C(=O)NC(=S)Nc2ccc3oc(-c4ccc(C)c(C)c4)nc3c2)cc1. The lowest BCUT2D eigenvalue weighted by Gasteiger charge is -2.13. The van der Waals surface area contributed by atoms with Crippen LogP contribution in [0.5, 0.6) is 5.75 Å². The summed E-state index contributed by atoms with van der Waals surface area (Å²) in [5.74, 6) is 0.992. The highest BCUT2D eigenvalue weighted by Gasteiger charge is 2.12. The molecule has 2 N–H and O–H groups in total. The number of benzene rings is 3. The molecule has 0 aliphatic rings. The van der Waals surface area contributed by atoms with Crippen LogP contribution in [0.25, 0.3) is 22.6 Å². The van der Waals surface area contributed by atoms with Crippen molar-refractivity contribution in [3.8, 4) is 17.2 Å². The van der Waals surface area contributed by atoms with Gasteiger partial charge in [-0.05, 0) is 105 Å². The number of amides is 1. The molecule has 0 fully saturated rings. The van der Waals surface area contributed by atoms with Crippen molar-refractivity contribution in [3.63, 3.8) is 0 Å². The van der Waals surface area contributed by atoms with E-state index in [1.54, 1.807) is 24.3 Å². The number of aromatic nitrogens is 1. The van der Waals surface area contributed by atoms with Crippen LogP contribution in [0.2, 0.25) is 0 Å². The fourth-order valence-electron chi connectivity index (χ4n) is 3.34. The van der Waals surface area contributed by atoms with Crippen LogP contribution < -0.4 is 15.4 Å². The topological polar surface area (TPSA) is 76.4 Å². The average Bonchev–Trinajstić information content (AvgIpc) is 3.24. The number of ether oxygens (including phenoxy) is 1. The van der Waals surface area contributed by atoms with Gasteiger partial charge < -0.3 is 14.5 Å². The Morgan fingerprint density at radius 2 is 1.82 bits per heavy atom. The molecule has 0 saturated heterocycles. The zero-order chi connectivity index (χ0) is 24.2. The van der Waals surface area contributed by atoms with Crippen molar-refractivity contribution in [2.45, 2.75) is 40.2 Å². The van der Waals surface area contributed by atoms with E-state index in [-0.39, 0.29) is 17.1 Å². The van der Waals surface area contributed by atoms with E-state index in [4.69, 9.17) is 21.4 Å². The zero-order valence-electron chi connectivity index (χ0n) is 19.6. The lowest BCUT2D eigenvalue weighted by atomic mass is 10.1. The molecule has 0 bridgehead atoms. The van der Waals surface area contributed by atoms with Gasteiger partial charge in [0.2, 0.25) is 5.89 Å². The van der Waals surface area contributed by atoms with Gasteiger partial charge in [0.05, 0.1) is 6.10 Å². The van der Waals surface area contributed by atoms with Crippen LogP contribution in [0.1, 0.15) is 41.8 Å². The summed E-state index contributed by atoms with van der Waals surface area (Å²) < 4.78 is 11.7. The first kappa shape index (κ1) is 23.4. The van der Waals surface area contributed by atoms with Gasteiger partial charge in [0.25, 0.3) is 5.91 Å². The number of anilines is 1. The summed E-state index contributed by atoms with van der Waals surface area (Å²) in [6.07, 6.45) is 1.03. The number of oxazole rings is 1. The van der Waals surface area contributed by atoms with E-state index in [1.165, 1.54) is 11.1 Å². The maximum absolute atomic E-state index is 12.6. The number of rotatable bonds is 6. The first-order chi connectivity index (χ1) is 16.3. The van der Waals surface area contributed by atoms with Crippen LogP contribution in [0.3, 0.4) is 0 Å². The molecule has 1 unspecified atom stereocenters. The highest BCUT2D eigenvalue weighted by molar-refractivity contribution is 7.80. The average molecular weight is 474 g/mol. The van der Waals surface area contributed by atoms with E-state index in [2.05, 4.69) is 48.5 Å². The maximum Gasteiger partial charge on any atom is 0.257 e. The monoisotopic (exact) mass is 473 g/mol. The molecule has 0 aliphatic heterocycles. The summed E-state index contributed by atoms with van der Waals surface area (Å²) in [6.45, 7) is 8.20. The van der Waals surface area contributed by atoms with Crippen LogP contribution in [0, 0.1) is 13.8 Å². The molecule has 4 rings (SSSR count). The minimum absolute atomic E-state index is 0.121. The van der Waals surface area contributed by atoms with Gasteiger partial charge in [-0.25, -0.2) is 4.98 Å². The standard InChI is InChI=1S/C27H27N3O3S/c1-5-18(4)32-22-11-8-19(9-12-22)25(31)30-27(34)28-21-10-13-24-23(15-21)29-26(33-24)20-7-6-16(2)17(3)14-20/h6-15,18H,5H2,1-4H3,(H2,28,30,31,34). The number of nitrogens with zero attached hydrogens (tertiary/aromatic N) is 1. The van der Waals surface area contributed by atoms with E-state index in [1.807, 2.05) is 31.2 Å². The van der Waals surface area contributed by atoms with Crippen molar-refractivity contribution < 1.29 is 13.9 Å². The number of thiocarbonyl (C=S) groups is 1. The number of fused-ring (bicyclic) bond motifs is 1. The Kier molecular flexibility index (Phi) is 6.93. The highest BCUT2D eigenvalue weighted by Crippen LogP contribution is 2.27. The molecule has 174 valence electrons. The predicted molar refractivity (Wildman–Crippen MR) is 139 cm³/mol. The Morgan fingerprint density at radius 1 is 1.06 bits per heavy atom. The normalized spacial score (nSPS) is 11.8. The van der Waals surface area contributed by atoms with E-state index >= 15 is 0 Å². The number of aryl methyl sites for hydroxylation is 2.